The first-order valence-electron chi connectivity index (χ1n) is 6.73. The zero-order chi connectivity index (χ0) is 11.7. The first kappa shape index (κ1) is 11.7. The molecule has 3 rings (SSSR count). The highest BCUT2D eigenvalue weighted by Crippen LogP contribution is 2.58. The molecule has 1 saturated carbocycles. The molecule has 0 aromatic carbocycles. The summed E-state index contributed by atoms with van der Waals surface area (Å²) in [5.74, 6) is 0.948. The van der Waals surface area contributed by atoms with Crippen LogP contribution < -0.4 is 10.6 Å². The summed E-state index contributed by atoms with van der Waals surface area (Å²) in [7, 11) is 0. The Morgan fingerprint density at radius 3 is 2.94 bits per heavy atom. The molecule has 1 unspecified atom stereocenters. The number of piperidine rings is 1. The van der Waals surface area contributed by atoms with Crippen LogP contribution >= 0.6 is 11.3 Å². The lowest BCUT2D eigenvalue weighted by atomic mass is 9.92. The SMILES string of the molecule is Cc1cscc1CNCC1CC12CCNCC2. The summed E-state index contributed by atoms with van der Waals surface area (Å²) in [6.07, 6.45) is 4.26. The van der Waals surface area contributed by atoms with Gasteiger partial charge >= 0.3 is 0 Å². The first-order chi connectivity index (χ1) is 8.30. The fourth-order valence-electron chi connectivity index (χ4n) is 3.21. The molecule has 1 aromatic heterocycles. The molecule has 2 nitrogen and oxygen atoms in total. The molecule has 1 spiro atoms. The van der Waals surface area contributed by atoms with Crippen molar-refractivity contribution in [2.75, 3.05) is 19.6 Å². The van der Waals surface area contributed by atoms with Crippen LogP contribution in [0.25, 0.3) is 0 Å². The number of thiophene rings is 1. The molecule has 1 saturated heterocycles. The predicted molar refractivity (Wildman–Crippen MR) is 73.4 cm³/mol. The van der Waals surface area contributed by atoms with E-state index in [0.29, 0.717) is 0 Å². The van der Waals surface area contributed by atoms with Gasteiger partial charge in [0.05, 0.1) is 0 Å². The molecule has 2 fully saturated rings. The maximum atomic E-state index is 3.65. The molecule has 3 heteroatoms. The molecule has 0 radical (unpaired) electrons. The second-order valence-corrected chi connectivity index (χ2v) is 6.47. The van der Waals surface area contributed by atoms with Crippen LogP contribution in [0.2, 0.25) is 0 Å². The third-order valence-corrected chi connectivity index (χ3v) is 5.54. The van der Waals surface area contributed by atoms with Gasteiger partial charge in [-0.3, -0.25) is 0 Å². The summed E-state index contributed by atoms with van der Waals surface area (Å²) in [5, 5.41) is 11.6. The van der Waals surface area contributed by atoms with Crippen molar-refractivity contribution in [1.29, 1.82) is 0 Å². The molecule has 1 aliphatic carbocycles. The van der Waals surface area contributed by atoms with E-state index in [9.17, 15) is 0 Å². The van der Waals surface area contributed by atoms with Crippen molar-refractivity contribution in [2.24, 2.45) is 11.3 Å². The Kier molecular flexibility index (Phi) is 3.24. The molecule has 0 bridgehead atoms. The Morgan fingerprint density at radius 2 is 2.24 bits per heavy atom. The highest BCUT2D eigenvalue weighted by molar-refractivity contribution is 7.08. The van der Waals surface area contributed by atoms with Gasteiger partial charge in [-0.1, -0.05) is 0 Å². The summed E-state index contributed by atoms with van der Waals surface area (Å²) in [6, 6.07) is 0. The Hall–Kier alpha value is -0.380. The number of nitrogens with one attached hydrogen (secondary N) is 2. The maximum Gasteiger partial charge on any atom is 0.0216 e. The zero-order valence-electron chi connectivity index (χ0n) is 10.6. The van der Waals surface area contributed by atoms with Crippen LogP contribution in [0.4, 0.5) is 0 Å². The summed E-state index contributed by atoms with van der Waals surface area (Å²) in [4.78, 5) is 0. The number of hydrogen-bond acceptors (Lipinski definition) is 3. The van der Waals surface area contributed by atoms with E-state index in [0.717, 1.165) is 17.9 Å². The van der Waals surface area contributed by atoms with Gasteiger partial charge in [0.1, 0.15) is 0 Å². The molecule has 1 atom stereocenters. The average molecular weight is 250 g/mol. The van der Waals surface area contributed by atoms with Crippen LogP contribution in [-0.2, 0) is 6.54 Å². The first-order valence-corrected chi connectivity index (χ1v) is 7.68. The van der Waals surface area contributed by atoms with Gasteiger partial charge in [0.15, 0.2) is 0 Å². The number of aryl methyl sites for hydroxylation is 1. The molecule has 94 valence electrons. The molecule has 2 N–H and O–H groups in total. The Morgan fingerprint density at radius 1 is 1.41 bits per heavy atom. The van der Waals surface area contributed by atoms with Gasteiger partial charge in [-0.05, 0) is 79.0 Å². The van der Waals surface area contributed by atoms with Crippen molar-refractivity contribution >= 4 is 11.3 Å². The van der Waals surface area contributed by atoms with Crippen LogP contribution in [0.5, 0.6) is 0 Å². The minimum Gasteiger partial charge on any atom is -0.317 e. The lowest BCUT2D eigenvalue weighted by Gasteiger charge is -2.23. The Balaban J connectivity index is 1.43. The van der Waals surface area contributed by atoms with Gasteiger partial charge < -0.3 is 10.6 Å². The monoisotopic (exact) mass is 250 g/mol. The smallest absolute Gasteiger partial charge is 0.0216 e. The minimum absolute atomic E-state index is 0.724. The van der Waals surface area contributed by atoms with Crippen LogP contribution in [0, 0.1) is 18.3 Å². The van der Waals surface area contributed by atoms with E-state index >= 15 is 0 Å². The fourth-order valence-corrected chi connectivity index (χ4v) is 4.06. The van der Waals surface area contributed by atoms with E-state index in [-0.39, 0.29) is 0 Å². The number of hydrogen-bond donors (Lipinski definition) is 2. The van der Waals surface area contributed by atoms with E-state index in [4.69, 9.17) is 0 Å². The van der Waals surface area contributed by atoms with Crippen molar-refractivity contribution in [3.05, 3.63) is 21.9 Å². The van der Waals surface area contributed by atoms with Gasteiger partial charge in [-0.2, -0.15) is 11.3 Å². The molecule has 17 heavy (non-hydrogen) atoms. The molecule has 2 heterocycles. The van der Waals surface area contributed by atoms with Gasteiger partial charge in [0.25, 0.3) is 0 Å². The summed E-state index contributed by atoms with van der Waals surface area (Å²) < 4.78 is 0. The predicted octanol–water partition coefficient (Wildman–Crippen LogP) is 2.54. The minimum atomic E-state index is 0.724. The van der Waals surface area contributed by atoms with E-state index in [1.165, 1.54) is 50.0 Å². The van der Waals surface area contributed by atoms with Crippen LogP contribution in [0.1, 0.15) is 30.4 Å². The molecular formula is C14H22N2S. The second-order valence-electron chi connectivity index (χ2n) is 5.72. The molecule has 2 aliphatic rings. The van der Waals surface area contributed by atoms with E-state index < -0.39 is 0 Å². The lowest BCUT2D eigenvalue weighted by Crippen LogP contribution is -2.31. The van der Waals surface area contributed by atoms with E-state index in [1.807, 2.05) is 11.3 Å². The van der Waals surface area contributed by atoms with Crippen LogP contribution in [-0.4, -0.2) is 19.6 Å². The third-order valence-electron chi connectivity index (χ3n) is 4.63. The standard InChI is InChI=1S/C14H22N2S/c1-11-9-17-10-12(11)7-16-8-13-6-14(13)2-4-15-5-3-14/h9-10,13,15-16H,2-8H2,1H3. The Labute approximate surface area is 108 Å². The normalized spacial score (nSPS) is 26.3. The number of rotatable bonds is 4. The molecular weight excluding hydrogens is 228 g/mol. The summed E-state index contributed by atoms with van der Waals surface area (Å²) in [5.41, 5.74) is 3.65. The molecule has 1 aliphatic heterocycles. The maximum absolute atomic E-state index is 3.65. The zero-order valence-corrected chi connectivity index (χ0v) is 11.4. The second kappa shape index (κ2) is 4.71. The molecule has 0 amide bonds. The highest BCUT2D eigenvalue weighted by Gasteiger charge is 2.52. The Bertz CT molecular complexity index is 379. The largest absolute Gasteiger partial charge is 0.317 e. The molecule has 1 aromatic rings. The van der Waals surface area contributed by atoms with E-state index in [1.54, 1.807) is 0 Å². The summed E-state index contributed by atoms with van der Waals surface area (Å²) >= 11 is 1.81. The lowest BCUT2D eigenvalue weighted by molar-refractivity contribution is 0.319. The van der Waals surface area contributed by atoms with Crippen molar-refractivity contribution < 1.29 is 0 Å². The van der Waals surface area contributed by atoms with Gasteiger partial charge in [-0.25, -0.2) is 0 Å². The quantitative estimate of drug-likeness (QED) is 0.858. The van der Waals surface area contributed by atoms with Crippen molar-refractivity contribution in [2.45, 2.75) is 32.7 Å². The van der Waals surface area contributed by atoms with Crippen molar-refractivity contribution in [3.63, 3.8) is 0 Å². The topological polar surface area (TPSA) is 24.1 Å². The fraction of sp³-hybridized carbons (Fsp3) is 0.714. The van der Waals surface area contributed by atoms with Gasteiger partial charge in [0.2, 0.25) is 0 Å². The van der Waals surface area contributed by atoms with Crippen LogP contribution in [0.15, 0.2) is 10.8 Å². The van der Waals surface area contributed by atoms with E-state index in [2.05, 4.69) is 28.3 Å². The van der Waals surface area contributed by atoms with Gasteiger partial charge in [-0.15, -0.1) is 0 Å². The average Bonchev–Trinajstić information content (AvgIpc) is 2.81. The van der Waals surface area contributed by atoms with Crippen molar-refractivity contribution in [1.82, 2.24) is 10.6 Å². The van der Waals surface area contributed by atoms with Crippen LogP contribution in [0.3, 0.4) is 0 Å². The highest BCUT2D eigenvalue weighted by atomic mass is 32.1. The van der Waals surface area contributed by atoms with Gasteiger partial charge in [0, 0.05) is 6.54 Å². The summed E-state index contributed by atoms with van der Waals surface area (Å²) in [6.45, 7) is 6.95. The van der Waals surface area contributed by atoms with Crippen molar-refractivity contribution in [3.8, 4) is 0 Å². The third kappa shape index (κ3) is 2.42.